The molecule has 1 unspecified atom stereocenters. The van der Waals surface area contributed by atoms with Crippen LogP contribution in [0.15, 0.2) is 18.2 Å². The highest BCUT2D eigenvalue weighted by Gasteiger charge is 2.24. The third kappa shape index (κ3) is 2.90. The molecule has 0 aliphatic carbocycles. The van der Waals surface area contributed by atoms with Crippen LogP contribution in [0, 0.1) is 18.7 Å². The quantitative estimate of drug-likeness (QED) is 0.893. The molecule has 18 heavy (non-hydrogen) atoms. The van der Waals surface area contributed by atoms with Crippen LogP contribution in [0.25, 0.3) is 0 Å². The van der Waals surface area contributed by atoms with Crippen molar-refractivity contribution < 1.29 is 9.50 Å². The smallest absolute Gasteiger partial charge is 0.126 e. The molecule has 2 rings (SSSR count). The zero-order valence-electron chi connectivity index (χ0n) is 11.2. The normalized spacial score (nSPS) is 20.0. The van der Waals surface area contributed by atoms with E-state index in [4.69, 9.17) is 0 Å². The number of halogens is 1. The monoisotopic (exact) mass is 251 g/mol. The van der Waals surface area contributed by atoms with Crippen LogP contribution in [0.1, 0.15) is 36.9 Å². The van der Waals surface area contributed by atoms with E-state index in [0.29, 0.717) is 5.56 Å². The summed E-state index contributed by atoms with van der Waals surface area (Å²) < 4.78 is 13.6. The summed E-state index contributed by atoms with van der Waals surface area (Å²) in [6, 6.07) is 5.22. The van der Waals surface area contributed by atoms with Crippen LogP contribution in [-0.2, 0) is 0 Å². The first-order chi connectivity index (χ1) is 8.61. The molecule has 0 bridgehead atoms. The largest absolute Gasteiger partial charge is 0.394 e. The second-order valence-corrected chi connectivity index (χ2v) is 5.43. The minimum absolute atomic E-state index is 0.0525. The molecule has 2 nitrogen and oxygen atoms in total. The fourth-order valence-corrected chi connectivity index (χ4v) is 2.59. The zero-order valence-corrected chi connectivity index (χ0v) is 11.2. The zero-order chi connectivity index (χ0) is 13.1. The van der Waals surface area contributed by atoms with Gasteiger partial charge in [0.2, 0.25) is 0 Å². The fourth-order valence-electron chi connectivity index (χ4n) is 2.59. The van der Waals surface area contributed by atoms with Gasteiger partial charge in [-0.1, -0.05) is 19.1 Å². The lowest BCUT2D eigenvalue weighted by Gasteiger charge is -2.36. The van der Waals surface area contributed by atoms with Gasteiger partial charge >= 0.3 is 0 Å². The lowest BCUT2D eigenvalue weighted by Crippen LogP contribution is -2.37. The van der Waals surface area contributed by atoms with Crippen molar-refractivity contribution in [1.29, 1.82) is 0 Å². The molecule has 0 saturated carbocycles. The third-order valence-electron chi connectivity index (χ3n) is 4.01. The predicted molar refractivity (Wildman–Crippen MR) is 70.9 cm³/mol. The first kappa shape index (κ1) is 13.5. The van der Waals surface area contributed by atoms with Crippen molar-refractivity contribution in [3.8, 4) is 0 Å². The van der Waals surface area contributed by atoms with E-state index < -0.39 is 0 Å². The molecule has 0 aromatic heterocycles. The average Bonchev–Trinajstić information content (AvgIpc) is 2.37. The molecule has 1 atom stereocenters. The minimum Gasteiger partial charge on any atom is -0.394 e. The molecule has 0 spiro atoms. The molecular formula is C15H22FNO. The Hall–Kier alpha value is -0.930. The average molecular weight is 251 g/mol. The van der Waals surface area contributed by atoms with Crippen molar-refractivity contribution in [2.45, 2.75) is 32.7 Å². The topological polar surface area (TPSA) is 23.5 Å². The van der Waals surface area contributed by atoms with Gasteiger partial charge in [-0.05, 0) is 56.0 Å². The highest BCUT2D eigenvalue weighted by Crippen LogP contribution is 2.27. The van der Waals surface area contributed by atoms with Gasteiger partial charge in [0.05, 0.1) is 12.6 Å². The second-order valence-electron chi connectivity index (χ2n) is 5.43. The van der Waals surface area contributed by atoms with E-state index in [1.807, 2.05) is 6.07 Å². The van der Waals surface area contributed by atoms with Gasteiger partial charge in [-0.3, -0.25) is 4.90 Å². The first-order valence-corrected chi connectivity index (χ1v) is 6.72. The Labute approximate surface area is 108 Å². The molecule has 3 heteroatoms. The summed E-state index contributed by atoms with van der Waals surface area (Å²) in [5.74, 6) is 0.576. The molecule has 0 radical (unpaired) electrons. The van der Waals surface area contributed by atoms with Gasteiger partial charge < -0.3 is 5.11 Å². The van der Waals surface area contributed by atoms with E-state index in [1.165, 1.54) is 0 Å². The molecular weight excluding hydrogens is 229 g/mol. The van der Waals surface area contributed by atoms with E-state index >= 15 is 0 Å². The van der Waals surface area contributed by atoms with Gasteiger partial charge in [0.15, 0.2) is 0 Å². The van der Waals surface area contributed by atoms with E-state index in [1.54, 1.807) is 19.1 Å². The number of benzene rings is 1. The number of aryl methyl sites for hydroxylation is 1. The molecule has 100 valence electrons. The maximum atomic E-state index is 13.6. The maximum Gasteiger partial charge on any atom is 0.126 e. The Bertz CT molecular complexity index is 399. The molecule has 1 fully saturated rings. The van der Waals surface area contributed by atoms with Crippen molar-refractivity contribution in [1.82, 2.24) is 4.90 Å². The summed E-state index contributed by atoms with van der Waals surface area (Å²) >= 11 is 0. The maximum absolute atomic E-state index is 13.6. The fraction of sp³-hybridized carbons (Fsp3) is 0.600. The van der Waals surface area contributed by atoms with Crippen LogP contribution >= 0.6 is 0 Å². The van der Waals surface area contributed by atoms with Crippen molar-refractivity contribution in [2.24, 2.45) is 5.92 Å². The lowest BCUT2D eigenvalue weighted by molar-refractivity contribution is 0.0895. The van der Waals surface area contributed by atoms with Crippen LogP contribution in [-0.4, -0.2) is 29.7 Å². The van der Waals surface area contributed by atoms with Crippen LogP contribution in [0.2, 0.25) is 0 Å². The standard InChI is InChI=1S/C15H22FNO/c1-11-5-7-17(8-6-11)15(10-18)13-4-3-12(2)14(16)9-13/h3-4,9,11,15,18H,5-8,10H2,1-2H3. The van der Waals surface area contributed by atoms with Gasteiger partial charge in [0.25, 0.3) is 0 Å². The van der Waals surface area contributed by atoms with E-state index in [9.17, 15) is 9.50 Å². The third-order valence-corrected chi connectivity index (χ3v) is 4.01. The summed E-state index contributed by atoms with van der Waals surface area (Å²) in [6.45, 7) is 6.05. The van der Waals surface area contributed by atoms with E-state index in [2.05, 4.69) is 11.8 Å². The SMILES string of the molecule is Cc1ccc(C(CO)N2CCC(C)CC2)cc1F. The summed E-state index contributed by atoms with van der Waals surface area (Å²) in [6.07, 6.45) is 2.32. The molecule has 1 aliphatic heterocycles. The van der Waals surface area contributed by atoms with Crippen molar-refractivity contribution in [3.05, 3.63) is 35.1 Å². The molecule has 1 aromatic carbocycles. The number of nitrogens with zero attached hydrogens (tertiary/aromatic N) is 1. The molecule has 1 saturated heterocycles. The van der Waals surface area contributed by atoms with E-state index in [-0.39, 0.29) is 18.5 Å². The van der Waals surface area contributed by atoms with E-state index in [0.717, 1.165) is 37.4 Å². The minimum atomic E-state index is -0.184. The molecule has 1 N–H and O–H groups in total. The summed E-state index contributed by atoms with van der Waals surface area (Å²) in [7, 11) is 0. The predicted octanol–water partition coefficient (Wildman–Crippen LogP) is 2.90. The molecule has 1 aliphatic rings. The van der Waals surface area contributed by atoms with Crippen LogP contribution in [0.4, 0.5) is 4.39 Å². The van der Waals surface area contributed by atoms with Crippen LogP contribution < -0.4 is 0 Å². The number of aliphatic hydroxyl groups excluding tert-OH is 1. The number of hydrogen-bond acceptors (Lipinski definition) is 2. The van der Waals surface area contributed by atoms with Crippen molar-refractivity contribution in [2.75, 3.05) is 19.7 Å². The van der Waals surface area contributed by atoms with Crippen molar-refractivity contribution >= 4 is 0 Å². The number of hydrogen-bond donors (Lipinski definition) is 1. The van der Waals surface area contributed by atoms with Gasteiger partial charge in [0.1, 0.15) is 5.82 Å². The summed E-state index contributed by atoms with van der Waals surface area (Å²) in [5.41, 5.74) is 1.54. The van der Waals surface area contributed by atoms with Crippen LogP contribution in [0.5, 0.6) is 0 Å². The number of rotatable bonds is 3. The summed E-state index contributed by atoms with van der Waals surface area (Å²) in [5, 5.41) is 9.59. The Balaban J connectivity index is 2.14. The highest BCUT2D eigenvalue weighted by molar-refractivity contribution is 5.26. The number of aliphatic hydroxyl groups is 1. The Morgan fingerprint density at radius 1 is 1.39 bits per heavy atom. The Morgan fingerprint density at radius 2 is 2.06 bits per heavy atom. The molecule has 1 aromatic rings. The molecule has 1 heterocycles. The Morgan fingerprint density at radius 3 is 2.61 bits per heavy atom. The first-order valence-electron chi connectivity index (χ1n) is 6.72. The van der Waals surface area contributed by atoms with Gasteiger partial charge in [-0.15, -0.1) is 0 Å². The number of piperidine rings is 1. The van der Waals surface area contributed by atoms with Gasteiger partial charge in [-0.2, -0.15) is 0 Å². The lowest BCUT2D eigenvalue weighted by atomic mass is 9.95. The number of likely N-dealkylation sites (tertiary alicyclic amines) is 1. The second kappa shape index (κ2) is 5.81. The Kier molecular flexibility index (Phi) is 4.36. The summed E-state index contributed by atoms with van der Waals surface area (Å²) in [4.78, 5) is 2.27. The highest BCUT2D eigenvalue weighted by atomic mass is 19.1. The van der Waals surface area contributed by atoms with Gasteiger partial charge in [0, 0.05) is 0 Å². The van der Waals surface area contributed by atoms with Crippen molar-refractivity contribution in [3.63, 3.8) is 0 Å². The molecule has 0 amide bonds. The van der Waals surface area contributed by atoms with Gasteiger partial charge in [-0.25, -0.2) is 4.39 Å². The van der Waals surface area contributed by atoms with Crippen LogP contribution in [0.3, 0.4) is 0 Å².